The standard InChI is InChI=1S/C52H30N2S2/c1-2-12-34(13-3-1)53-44-17-7-4-14-35(44)39-25-28-42-38-24-23-33(30-48(38)56-51(42)49(39)53)32-22-21-31-11-10-19-46(43(31)29-32)54-45-18-8-5-15-36(45)40-26-27-41-37-16-6-9-20-47(37)55-52(41)50(40)54/h1-30H. The maximum Gasteiger partial charge on any atom is 0.0720 e. The van der Waals surface area contributed by atoms with Crippen molar-refractivity contribution < 1.29 is 0 Å². The molecule has 13 rings (SSSR count). The van der Waals surface area contributed by atoms with E-state index in [2.05, 4.69) is 191 Å². The zero-order chi connectivity index (χ0) is 36.5. The van der Waals surface area contributed by atoms with Crippen LogP contribution in [0, 0.1) is 0 Å². The molecule has 0 amide bonds. The van der Waals surface area contributed by atoms with E-state index in [1.807, 2.05) is 22.7 Å². The Kier molecular flexibility index (Phi) is 6.23. The zero-order valence-corrected chi connectivity index (χ0v) is 31.7. The minimum Gasteiger partial charge on any atom is -0.308 e. The summed E-state index contributed by atoms with van der Waals surface area (Å²) < 4.78 is 10.3. The number of hydrogen-bond acceptors (Lipinski definition) is 2. The molecule has 0 radical (unpaired) electrons. The first-order valence-electron chi connectivity index (χ1n) is 19.1. The topological polar surface area (TPSA) is 9.86 Å². The van der Waals surface area contributed by atoms with Crippen molar-refractivity contribution in [1.29, 1.82) is 0 Å². The molecular weight excluding hydrogens is 717 g/mol. The lowest BCUT2D eigenvalue weighted by Crippen LogP contribution is -1.95. The van der Waals surface area contributed by atoms with Crippen LogP contribution in [-0.4, -0.2) is 9.13 Å². The summed E-state index contributed by atoms with van der Waals surface area (Å²) in [5.74, 6) is 0. The van der Waals surface area contributed by atoms with Gasteiger partial charge >= 0.3 is 0 Å². The average molecular weight is 747 g/mol. The van der Waals surface area contributed by atoms with Gasteiger partial charge in [0.15, 0.2) is 0 Å². The van der Waals surface area contributed by atoms with E-state index < -0.39 is 0 Å². The highest BCUT2D eigenvalue weighted by atomic mass is 32.1. The minimum atomic E-state index is 1.19. The molecule has 2 nitrogen and oxygen atoms in total. The lowest BCUT2D eigenvalue weighted by Gasteiger charge is -2.13. The van der Waals surface area contributed by atoms with Crippen molar-refractivity contribution in [3.63, 3.8) is 0 Å². The van der Waals surface area contributed by atoms with E-state index in [0.717, 1.165) is 0 Å². The van der Waals surface area contributed by atoms with E-state index in [9.17, 15) is 0 Å². The summed E-state index contributed by atoms with van der Waals surface area (Å²) in [4.78, 5) is 0. The summed E-state index contributed by atoms with van der Waals surface area (Å²) in [7, 11) is 0. The van der Waals surface area contributed by atoms with E-state index in [0.29, 0.717) is 0 Å². The van der Waals surface area contributed by atoms with Gasteiger partial charge in [0, 0.05) is 63.6 Å². The van der Waals surface area contributed by atoms with Crippen molar-refractivity contribution in [1.82, 2.24) is 9.13 Å². The van der Waals surface area contributed by atoms with Gasteiger partial charge in [-0.2, -0.15) is 0 Å². The van der Waals surface area contributed by atoms with Crippen LogP contribution in [0.1, 0.15) is 0 Å². The van der Waals surface area contributed by atoms with Gasteiger partial charge in [0.1, 0.15) is 0 Å². The van der Waals surface area contributed by atoms with Crippen LogP contribution in [0.5, 0.6) is 0 Å². The van der Waals surface area contributed by atoms with Crippen LogP contribution >= 0.6 is 22.7 Å². The molecule has 0 saturated carbocycles. The van der Waals surface area contributed by atoms with Gasteiger partial charge in [-0.15, -0.1) is 22.7 Å². The van der Waals surface area contributed by atoms with Gasteiger partial charge in [0.2, 0.25) is 0 Å². The highest BCUT2D eigenvalue weighted by Crippen LogP contribution is 2.46. The third-order valence-electron chi connectivity index (χ3n) is 11.9. The third kappa shape index (κ3) is 4.15. The van der Waals surface area contributed by atoms with E-state index in [1.54, 1.807) is 0 Å². The van der Waals surface area contributed by atoms with Crippen LogP contribution in [0.4, 0.5) is 0 Å². The minimum absolute atomic E-state index is 1.19. The van der Waals surface area contributed by atoms with Gasteiger partial charge in [-0.1, -0.05) is 133 Å². The number of nitrogens with zero attached hydrogens (tertiary/aromatic N) is 2. The number of aromatic nitrogens is 2. The molecule has 0 N–H and O–H groups in total. The second-order valence-electron chi connectivity index (χ2n) is 14.8. The van der Waals surface area contributed by atoms with Crippen molar-refractivity contribution >= 4 is 117 Å². The van der Waals surface area contributed by atoms with Crippen molar-refractivity contribution in [3.8, 4) is 22.5 Å². The SMILES string of the molecule is c1ccc(-n2c3ccccc3c3ccc4c5ccc(-c6ccc7cccc(-n8c9ccccc9c9ccc%10c%11ccccc%11sc%10c98)c7c6)cc5sc4c32)cc1. The molecule has 9 aromatic carbocycles. The number of thiophene rings is 2. The first-order valence-corrected chi connectivity index (χ1v) is 20.7. The Balaban J connectivity index is 1.04. The summed E-state index contributed by atoms with van der Waals surface area (Å²) in [5, 5.41) is 12.9. The average Bonchev–Trinajstić information content (AvgIpc) is 4.01. The molecule has 4 heteroatoms. The van der Waals surface area contributed by atoms with Crippen LogP contribution in [0.2, 0.25) is 0 Å². The highest BCUT2D eigenvalue weighted by molar-refractivity contribution is 7.27. The molecule has 0 aliphatic carbocycles. The number of rotatable bonds is 3. The molecule has 0 bridgehead atoms. The quantitative estimate of drug-likeness (QED) is 0.170. The smallest absolute Gasteiger partial charge is 0.0720 e. The van der Waals surface area contributed by atoms with Crippen molar-refractivity contribution in [3.05, 3.63) is 182 Å². The largest absolute Gasteiger partial charge is 0.308 e. The molecule has 0 atom stereocenters. The Morgan fingerprint density at radius 2 is 0.875 bits per heavy atom. The molecule has 0 unspecified atom stereocenters. The maximum atomic E-state index is 2.53. The number of para-hydroxylation sites is 3. The van der Waals surface area contributed by atoms with Gasteiger partial charge in [-0.05, 0) is 65.0 Å². The second-order valence-corrected chi connectivity index (χ2v) is 16.9. The zero-order valence-electron chi connectivity index (χ0n) is 30.0. The summed E-state index contributed by atoms with van der Waals surface area (Å²) in [5.41, 5.74) is 9.89. The van der Waals surface area contributed by atoms with Crippen LogP contribution in [0.25, 0.3) is 117 Å². The Hall–Kier alpha value is -6.72. The van der Waals surface area contributed by atoms with Gasteiger partial charge in [0.25, 0.3) is 0 Å². The molecule has 0 spiro atoms. The lowest BCUT2D eigenvalue weighted by atomic mass is 9.99. The lowest BCUT2D eigenvalue weighted by molar-refractivity contribution is 1.19. The highest BCUT2D eigenvalue weighted by Gasteiger charge is 2.20. The van der Waals surface area contributed by atoms with Crippen molar-refractivity contribution in [2.45, 2.75) is 0 Å². The fourth-order valence-electron chi connectivity index (χ4n) is 9.42. The van der Waals surface area contributed by atoms with Crippen LogP contribution in [0.15, 0.2) is 182 Å². The van der Waals surface area contributed by atoms with E-state index in [1.165, 1.54) is 117 Å². The van der Waals surface area contributed by atoms with E-state index in [-0.39, 0.29) is 0 Å². The van der Waals surface area contributed by atoms with Crippen LogP contribution in [0.3, 0.4) is 0 Å². The Bertz CT molecular complexity index is 3760. The molecule has 0 fully saturated rings. The van der Waals surface area contributed by atoms with Crippen molar-refractivity contribution in [2.75, 3.05) is 0 Å². The van der Waals surface area contributed by atoms with E-state index in [4.69, 9.17) is 0 Å². The molecule has 56 heavy (non-hydrogen) atoms. The first kappa shape index (κ1) is 30.6. The Morgan fingerprint density at radius 3 is 1.64 bits per heavy atom. The monoisotopic (exact) mass is 746 g/mol. The Labute approximate surface area is 329 Å². The summed E-state index contributed by atoms with van der Waals surface area (Å²) in [6.45, 7) is 0. The normalized spacial score (nSPS) is 12.3. The Morgan fingerprint density at radius 1 is 0.321 bits per heavy atom. The molecule has 0 aliphatic rings. The predicted octanol–water partition coefficient (Wildman–Crippen LogP) is 15.4. The molecule has 260 valence electrons. The fraction of sp³-hybridized carbons (Fsp3) is 0. The summed E-state index contributed by atoms with van der Waals surface area (Å²) in [6.07, 6.45) is 0. The molecule has 0 aliphatic heterocycles. The summed E-state index contributed by atoms with van der Waals surface area (Å²) in [6, 6.07) is 67.5. The third-order valence-corrected chi connectivity index (χ3v) is 14.3. The number of hydrogen-bond donors (Lipinski definition) is 0. The van der Waals surface area contributed by atoms with E-state index >= 15 is 0 Å². The van der Waals surface area contributed by atoms with Crippen LogP contribution in [-0.2, 0) is 0 Å². The maximum absolute atomic E-state index is 2.53. The van der Waals surface area contributed by atoms with Gasteiger partial charge < -0.3 is 9.13 Å². The van der Waals surface area contributed by atoms with Gasteiger partial charge in [0.05, 0.1) is 37.2 Å². The molecule has 13 aromatic rings. The second kappa shape index (κ2) is 11.4. The first-order chi connectivity index (χ1) is 27.8. The van der Waals surface area contributed by atoms with Crippen LogP contribution < -0.4 is 0 Å². The molecule has 4 heterocycles. The van der Waals surface area contributed by atoms with Crippen molar-refractivity contribution in [2.24, 2.45) is 0 Å². The van der Waals surface area contributed by atoms with Gasteiger partial charge in [-0.25, -0.2) is 0 Å². The molecule has 0 saturated heterocycles. The number of fused-ring (bicyclic) bond motifs is 15. The van der Waals surface area contributed by atoms with Gasteiger partial charge in [-0.3, -0.25) is 0 Å². The predicted molar refractivity (Wildman–Crippen MR) is 244 cm³/mol. The summed E-state index contributed by atoms with van der Waals surface area (Å²) >= 11 is 3.81. The number of benzene rings is 9. The molecule has 4 aromatic heterocycles. The molecular formula is C52H30N2S2. The fourth-order valence-corrected chi connectivity index (χ4v) is 11.9.